The zero-order chi connectivity index (χ0) is 21.0. The van der Waals surface area contributed by atoms with E-state index in [1.54, 1.807) is 35.7 Å². The smallest absolute Gasteiger partial charge is 0.324 e. The molecule has 10 heteroatoms. The summed E-state index contributed by atoms with van der Waals surface area (Å²) in [6.45, 7) is -0.589. The molecule has 0 unspecified atom stereocenters. The van der Waals surface area contributed by atoms with E-state index in [0.717, 1.165) is 6.07 Å². The molecule has 2 N–H and O–H groups in total. The Kier molecular flexibility index (Phi) is 5.83. The van der Waals surface area contributed by atoms with E-state index in [-0.39, 0.29) is 5.91 Å². The van der Waals surface area contributed by atoms with Crippen molar-refractivity contribution in [3.63, 3.8) is 0 Å². The molecule has 2 heterocycles. The highest BCUT2D eigenvalue weighted by Gasteiger charge is 2.31. The molecule has 0 radical (unpaired) electrons. The summed E-state index contributed by atoms with van der Waals surface area (Å²) in [5, 5.41) is 6.94. The standard InChI is InChI=1S/C19H14F3N3O3S/c20-19(21,22)12-6-7-17(27)25(10-12)11-16(26)23-13-3-1-4-14(9-13)24-18(28)15-5-2-8-29-15/h1-10H,11H2,(H,23,26)(H,24,28). The molecular weight excluding hydrogens is 407 g/mol. The maximum absolute atomic E-state index is 12.8. The third-order valence-corrected chi connectivity index (χ3v) is 4.64. The Hall–Kier alpha value is -3.40. The van der Waals surface area contributed by atoms with Gasteiger partial charge in [0.15, 0.2) is 0 Å². The second-order valence-corrected chi connectivity index (χ2v) is 6.89. The molecule has 29 heavy (non-hydrogen) atoms. The summed E-state index contributed by atoms with van der Waals surface area (Å²) < 4.78 is 39.0. The Labute approximate surface area is 166 Å². The average molecular weight is 421 g/mol. The molecule has 0 aliphatic rings. The van der Waals surface area contributed by atoms with Gasteiger partial charge < -0.3 is 15.2 Å². The fourth-order valence-corrected chi connectivity index (χ4v) is 3.07. The molecule has 3 aromatic rings. The number of benzene rings is 1. The van der Waals surface area contributed by atoms with Crippen LogP contribution in [0, 0.1) is 0 Å². The van der Waals surface area contributed by atoms with Gasteiger partial charge in [-0.05, 0) is 35.7 Å². The maximum atomic E-state index is 12.8. The molecule has 0 saturated carbocycles. The van der Waals surface area contributed by atoms with E-state index < -0.39 is 29.8 Å². The number of alkyl halides is 3. The van der Waals surface area contributed by atoms with Crippen LogP contribution in [0.25, 0.3) is 0 Å². The Morgan fingerprint density at radius 1 is 1.00 bits per heavy atom. The monoisotopic (exact) mass is 421 g/mol. The van der Waals surface area contributed by atoms with E-state index >= 15 is 0 Å². The van der Waals surface area contributed by atoms with Crippen molar-refractivity contribution in [1.82, 2.24) is 4.57 Å². The number of rotatable bonds is 5. The molecule has 2 amide bonds. The first-order valence-corrected chi connectivity index (χ1v) is 9.13. The van der Waals surface area contributed by atoms with Gasteiger partial charge in [0.2, 0.25) is 5.91 Å². The van der Waals surface area contributed by atoms with Gasteiger partial charge in [0.05, 0.1) is 10.4 Å². The zero-order valence-corrected chi connectivity index (χ0v) is 15.5. The number of nitrogens with one attached hydrogen (secondary N) is 2. The second kappa shape index (κ2) is 8.31. The van der Waals surface area contributed by atoms with Crippen molar-refractivity contribution in [3.8, 4) is 0 Å². The molecule has 0 atom stereocenters. The summed E-state index contributed by atoms with van der Waals surface area (Å²) in [6, 6.07) is 11.1. The first-order valence-electron chi connectivity index (χ1n) is 8.25. The van der Waals surface area contributed by atoms with Crippen LogP contribution in [0.5, 0.6) is 0 Å². The highest BCUT2D eigenvalue weighted by atomic mass is 32.1. The van der Waals surface area contributed by atoms with Gasteiger partial charge in [-0.15, -0.1) is 11.3 Å². The number of thiophene rings is 1. The lowest BCUT2D eigenvalue weighted by Gasteiger charge is -2.11. The van der Waals surface area contributed by atoms with Crippen LogP contribution in [0.3, 0.4) is 0 Å². The van der Waals surface area contributed by atoms with Crippen molar-refractivity contribution in [3.05, 3.63) is 80.9 Å². The van der Waals surface area contributed by atoms with Crippen LogP contribution in [-0.2, 0) is 17.5 Å². The van der Waals surface area contributed by atoms with E-state index in [0.29, 0.717) is 33.1 Å². The minimum atomic E-state index is -4.62. The van der Waals surface area contributed by atoms with Crippen molar-refractivity contribution in [2.75, 3.05) is 10.6 Å². The first-order chi connectivity index (χ1) is 13.7. The summed E-state index contributed by atoms with van der Waals surface area (Å²) in [7, 11) is 0. The Bertz CT molecular complexity index is 1090. The number of amides is 2. The van der Waals surface area contributed by atoms with Crippen molar-refractivity contribution in [2.24, 2.45) is 0 Å². The number of pyridine rings is 1. The lowest BCUT2D eigenvalue weighted by atomic mass is 10.2. The predicted octanol–water partition coefficient (Wildman–Crippen LogP) is 3.82. The zero-order valence-electron chi connectivity index (χ0n) is 14.7. The van der Waals surface area contributed by atoms with Gasteiger partial charge in [0.1, 0.15) is 6.54 Å². The number of nitrogens with zero attached hydrogens (tertiary/aromatic N) is 1. The van der Waals surface area contributed by atoms with E-state index in [2.05, 4.69) is 10.6 Å². The normalized spacial score (nSPS) is 11.1. The second-order valence-electron chi connectivity index (χ2n) is 5.94. The number of carbonyl (C=O) groups excluding carboxylic acids is 2. The van der Waals surface area contributed by atoms with Crippen molar-refractivity contribution in [2.45, 2.75) is 12.7 Å². The highest BCUT2D eigenvalue weighted by molar-refractivity contribution is 7.12. The van der Waals surface area contributed by atoms with Gasteiger partial charge in [-0.25, -0.2) is 0 Å². The molecule has 150 valence electrons. The predicted molar refractivity (Wildman–Crippen MR) is 103 cm³/mol. The van der Waals surface area contributed by atoms with Crippen LogP contribution in [0.1, 0.15) is 15.2 Å². The Morgan fingerprint density at radius 3 is 2.38 bits per heavy atom. The van der Waals surface area contributed by atoms with Gasteiger partial charge >= 0.3 is 6.18 Å². The van der Waals surface area contributed by atoms with E-state index in [1.807, 2.05) is 0 Å². The van der Waals surface area contributed by atoms with Crippen LogP contribution in [0.2, 0.25) is 0 Å². The van der Waals surface area contributed by atoms with Crippen molar-refractivity contribution >= 4 is 34.5 Å². The number of aromatic nitrogens is 1. The first kappa shape index (κ1) is 20.3. The summed E-state index contributed by atoms with van der Waals surface area (Å²) in [4.78, 5) is 36.5. The Morgan fingerprint density at radius 2 is 1.72 bits per heavy atom. The topological polar surface area (TPSA) is 80.2 Å². The summed E-state index contributed by atoms with van der Waals surface area (Å²) in [5.74, 6) is -0.993. The lowest BCUT2D eigenvalue weighted by Crippen LogP contribution is -2.28. The molecule has 2 aromatic heterocycles. The SMILES string of the molecule is O=C(Cn1cc(C(F)(F)F)ccc1=O)Nc1cccc(NC(=O)c2cccs2)c1. The molecule has 6 nitrogen and oxygen atoms in total. The van der Waals surface area contributed by atoms with Gasteiger partial charge in [-0.2, -0.15) is 13.2 Å². The van der Waals surface area contributed by atoms with Crippen LogP contribution in [-0.4, -0.2) is 16.4 Å². The van der Waals surface area contributed by atoms with Gasteiger partial charge in [-0.3, -0.25) is 14.4 Å². The lowest BCUT2D eigenvalue weighted by molar-refractivity contribution is -0.138. The quantitative estimate of drug-likeness (QED) is 0.657. The van der Waals surface area contributed by atoms with Crippen LogP contribution >= 0.6 is 11.3 Å². The summed E-state index contributed by atoms with van der Waals surface area (Å²) >= 11 is 1.28. The third kappa shape index (κ3) is 5.32. The molecule has 0 aliphatic carbocycles. The molecule has 0 spiro atoms. The van der Waals surface area contributed by atoms with Crippen LogP contribution in [0.15, 0.2) is 64.9 Å². The third-order valence-electron chi connectivity index (χ3n) is 3.77. The maximum Gasteiger partial charge on any atom is 0.417 e. The van der Waals surface area contributed by atoms with E-state index in [9.17, 15) is 27.6 Å². The molecule has 3 rings (SSSR count). The van der Waals surface area contributed by atoms with Crippen LogP contribution < -0.4 is 16.2 Å². The van der Waals surface area contributed by atoms with Gasteiger partial charge in [0, 0.05) is 23.6 Å². The molecule has 0 aliphatic heterocycles. The number of hydrogen-bond acceptors (Lipinski definition) is 4. The van der Waals surface area contributed by atoms with Crippen molar-refractivity contribution in [1.29, 1.82) is 0 Å². The van der Waals surface area contributed by atoms with E-state index in [4.69, 9.17) is 0 Å². The molecule has 0 fully saturated rings. The fraction of sp³-hybridized carbons (Fsp3) is 0.105. The number of anilines is 2. The Balaban J connectivity index is 1.68. The van der Waals surface area contributed by atoms with Gasteiger partial charge in [0.25, 0.3) is 11.5 Å². The highest BCUT2D eigenvalue weighted by Crippen LogP contribution is 2.28. The molecule has 0 bridgehead atoms. The molecule has 0 saturated heterocycles. The minimum absolute atomic E-state index is 0.306. The number of halogens is 3. The fourth-order valence-electron chi connectivity index (χ4n) is 2.45. The largest absolute Gasteiger partial charge is 0.417 e. The average Bonchev–Trinajstić information content (AvgIpc) is 3.18. The van der Waals surface area contributed by atoms with Gasteiger partial charge in [-0.1, -0.05) is 12.1 Å². The number of carbonyl (C=O) groups is 2. The van der Waals surface area contributed by atoms with E-state index in [1.165, 1.54) is 17.4 Å². The molecule has 1 aromatic carbocycles. The van der Waals surface area contributed by atoms with Crippen LogP contribution in [0.4, 0.5) is 24.5 Å². The summed E-state index contributed by atoms with van der Waals surface area (Å²) in [6.07, 6.45) is -4.03. The summed E-state index contributed by atoms with van der Waals surface area (Å²) in [5.41, 5.74) is -1.01. The van der Waals surface area contributed by atoms with Crippen molar-refractivity contribution < 1.29 is 22.8 Å². The molecular formula is C19H14F3N3O3S. The minimum Gasteiger partial charge on any atom is -0.324 e. The number of hydrogen-bond donors (Lipinski definition) is 2.